The fourth-order valence-corrected chi connectivity index (χ4v) is 2.50. The molecule has 0 unspecified atom stereocenters. The summed E-state index contributed by atoms with van der Waals surface area (Å²) in [6.07, 6.45) is 0.124. The van der Waals surface area contributed by atoms with Crippen LogP contribution >= 0.6 is 11.6 Å². The molecule has 0 aliphatic carbocycles. The molecule has 7 heteroatoms. The summed E-state index contributed by atoms with van der Waals surface area (Å²) in [5.41, 5.74) is 0.739. The van der Waals surface area contributed by atoms with Crippen molar-refractivity contribution in [1.29, 1.82) is 0 Å². The van der Waals surface area contributed by atoms with E-state index in [1.807, 2.05) is 0 Å². The van der Waals surface area contributed by atoms with Crippen molar-refractivity contribution in [2.45, 2.75) is 31.5 Å². The highest BCUT2D eigenvalue weighted by Gasteiger charge is 2.45. The first-order valence-electron chi connectivity index (χ1n) is 6.34. The molecule has 0 bridgehead atoms. The summed E-state index contributed by atoms with van der Waals surface area (Å²) in [5, 5.41) is 14.7. The molecule has 1 fully saturated rings. The van der Waals surface area contributed by atoms with E-state index < -0.39 is 24.1 Å². The molecular weight excluding hydrogens is 284 g/mol. The van der Waals surface area contributed by atoms with Gasteiger partial charge < -0.3 is 4.74 Å². The van der Waals surface area contributed by atoms with Gasteiger partial charge >= 0.3 is 5.97 Å². The van der Waals surface area contributed by atoms with Gasteiger partial charge in [-0.1, -0.05) is 23.7 Å². The van der Waals surface area contributed by atoms with Crippen molar-refractivity contribution in [3.05, 3.63) is 45.0 Å². The van der Waals surface area contributed by atoms with Gasteiger partial charge in [0.15, 0.2) is 0 Å². The van der Waals surface area contributed by atoms with E-state index in [9.17, 15) is 14.9 Å². The Balaban J connectivity index is 2.19. The van der Waals surface area contributed by atoms with Crippen LogP contribution in [0.25, 0.3) is 0 Å². The molecule has 2 rings (SSSR count). The minimum Gasteiger partial charge on any atom is -0.465 e. The van der Waals surface area contributed by atoms with Crippen molar-refractivity contribution in [1.82, 2.24) is 5.32 Å². The van der Waals surface area contributed by atoms with Crippen molar-refractivity contribution in [3.63, 3.8) is 0 Å². The quantitative estimate of drug-likeness (QED) is 0.522. The summed E-state index contributed by atoms with van der Waals surface area (Å²) in [4.78, 5) is 22.5. The summed E-state index contributed by atoms with van der Waals surface area (Å²) in [6, 6.07) is 4.78. The number of hydrogen-bond donors (Lipinski definition) is 1. The van der Waals surface area contributed by atoms with Gasteiger partial charge in [-0.05, 0) is 24.6 Å². The van der Waals surface area contributed by atoms with E-state index in [0.29, 0.717) is 5.02 Å². The van der Waals surface area contributed by atoms with Crippen molar-refractivity contribution in [3.8, 4) is 0 Å². The maximum atomic E-state index is 11.7. The van der Waals surface area contributed by atoms with Crippen molar-refractivity contribution in [2.24, 2.45) is 0 Å². The van der Waals surface area contributed by atoms with Crippen molar-refractivity contribution < 1.29 is 14.5 Å². The van der Waals surface area contributed by atoms with Gasteiger partial charge in [-0.3, -0.25) is 20.2 Å². The number of esters is 1. The molecule has 6 nitrogen and oxygen atoms in total. The van der Waals surface area contributed by atoms with Crippen molar-refractivity contribution >= 4 is 17.6 Å². The zero-order valence-corrected chi connectivity index (χ0v) is 11.7. The normalized spacial score (nSPS) is 25.4. The molecule has 1 aromatic carbocycles. The van der Waals surface area contributed by atoms with Gasteiger partial charge in [-0.15, -0.1) is 0 Å². The Hall–Kier alpha value is -1.66. The highest BCUT2D eigenvalue weighted by Crippen LogP contribution is 2.30. The number of carbonyl (C=O) groups excluding carboxylic acids is 1. The number of benzene rings is 1. The summed E-state index contributed by atoms with van der Waals surface area (Å²) >= 11 is 5.81. The van der Waals surface area contributed by atoms with Gasteiger partial charge in [0.05, 0.1) is 6.61 Å². The molecule has 0 radical (unpaired) electrons. The van der Waals surface area contributed by atoms with E-state index in [-0.39, 0.29) is 18.0 Å². The Morgan fingerprint density at radius 3 is 2.70 bits per heavy atom. The fraction of sp³-hybridized carbons (Fsp3) is 0.462. The third-order valence-corrected chi connectivity index (χ3v) is 3.57. The van der Waals surface area contributed by atoms with Crippen LogP contribution in [-0.2, 0) is 9.53 Å². The van der Waals surface area contributed by atoms with Crippen LogP contribution in [0.5, 0.6) is 0 Å². The lowest BCUT2D eigenvalue weighted by Crippen LogP contribution is -2.34. The molecule has 108 valence electrons. The molecular formula is C13H15ClN2O4. The number of nitrogens with one attached hydrogen (secondary N) is 1. The van der Waals surface area contributed by atoms with E-state index in [1.165, 1.54) is 0 Å². The Morgan fingerprint density at radius 2 is 2.15 bits per heavy atom. The molecule has 1 aromatic rings. The Bertz CT molecular complexity index is 506. The standard InChI is InChI=1S/C13H15ClN2O4/c1-2-20-13(17)10-7-11(16(18)19)12(15-10)8-3-5-9(14)6-4-8/h3-6,10-12,15H,2,7H2,1H3/t10-,11-,12-/m0/s1. The molecule has 0 saturated carbocycles. The van der Waals surface area contributed by atoms with Crippen LogP contribution in [0.4, 0.5) is 0 Å². The van der Waals surface area contributed by atoms with Crippen LogP contribution < -0.4 is 5.32 Å². The fourth-order valence-electron chi connectivity index (χ4n) is 2.38. The molecule has 3 atom stereocenters. The van der Waals surface area contributed by atoms with Gasteiger partial charge in [-0.25, -0.2) is 0 Å². The Labute approximate surface area is 121 Å². The third kappa shape index (κ3) is 3.08. The lowest BCUT2D eigenvalue weighted by Gasteiger charge is -2.14. The summed E-state index contributed by atoms with van der Waals surface area (Å²) < 4.78 is 4.91. The predicted molar refractivity (Wildman–Crippen MR) is 73.1 cm³/mol. The first-order valence-corrected chi connectivity index (χ1v) is 6.72. The Morgan fingerprint density at radius 1 is 1.50 bits per heavy atom. The largest absolute Gasteiger partial charge is 0.465 e. The highest BCUT2D eigenvalue weighted by molar-refractivity contribution is 6.30. The van der Waals surface area contributed by atoms with Crippen LogP contribution in [0.3, 0.4) is 0 Å². The Kier molecular flexibility index (Phi) is 4.57. The molecule has 1 aliphatic heterocycles. The van der Waals surface area contributed by atoms with E-state index in [0.717, 1.165) is 5.56 Å². The molecule has 0 amide bonds. The molecule has 1 heterocycles. The average Bonchev–Trinajstić information content (AvgIpc) is 2.85. The number of nitro groups is 1. The number of halogens is 1. The van der Waals surface area contributed by atoms with Crippen LogP contribution in [0.2, 0.25) is 5.02 Å². The molecule has 0 aromatic heterocycles. The van der Waals surface area contributed by atoms with E-state index >= 15 is 0 Å². The number of nitrogens with zero attached hydrogens (tertiary/aromatic N) is 1. The lowest BCUT2D eigenvalue weighted by atomic mass is 10.0. The number of hydrogen-bond acceptors (Lipinski definition) is 5. The van der Waals surface area contributed by atoms with Gasteiger partial charge in [0.25, 0.3) is 0 Å². The second-order valence-electron chi connectivity index (χ2n) is 4.59. The van der Waals surface area contributed by atoms with Gasteiger partial charge in [0.1, 0.15) is 12.1 Å². The van der Waals surface area contributed by atoms with E-state index in [4.69, 9.17) is 16.3 Å². The monoisotopic (exact) mass is 298 g/mol. The number of rotatable bonds is 4. The highest BCUT2D eigenvalue weighted by atomic mass is 35.5. The summed E-state index contributed by atoms with van der Waals surface area (Å²) in [5.74, 6) is -0.448. The zero-order valence-electron chi connectivity index (χ0n) is 10.9. The maximum absolute atomic E-state index is 11.7. The minimum absolute atomic E-state index is 0.124. The lowest BCUT2D eigenvalue weighted by molar-refractivity contribution is -0.524. The summed E-state index contributed by atoms with van der Waals surface area (Å²) in [7, 11) is 0. The van der Waals surface area contributed by atoms with Crippen LogP contribution in [-0.4, -0.2) is 29.6 Å². The SMILES string of the molecule is CCOC(=O)[C@@H]1C[C@H]([N+](=O)[O-])[C@H](c2ccc(Cl)cc2)N1. The number of carbonyl (C=O) groups is 1. The molecule has 20 heavy (non-hydrogen) atoms. The maximum Gasteiger partial charge on any atom is 0.323 e. The van der Waals surface area contributed by atoms with Crippen molar-refractivity contribution in [2.75, 3.05) is 6.61 Å². The second-order valence-corrected chi connectivity index (χ2v) is 5.03. The third-order valence-electron chi connectivity index (χ3n) is 3.31. The predicted octanol–water partition coefficient (Wildman–Crippen LogP) is 1.95. The van der Waals surface area contributed by atoms with Gasteiger partial charge in [0, 0.05) is 16.4 Å². The smallest absolute Gasteiger partial charge is 0.323 e. The summed E-state index contributed by atoms with van der Waals surface area (Å²) in [6.45, 7) is 1.96. The van der Waals surface area contributed by atoms with Gasteiger partial charge in [0.2, 0.25) is 6.04 Å². The first kappa shape index (κ1) is 14.7. The topological polar surface area (TPSA) is 81.5 Å². The number of ether oxygens (including phenoxy) is 1. The molecule has 0 spiro atoms. The molecule has 1 aliphatic rings. The van der Waals surface area contributed by atoms with E-state index in [2.05, 4.69) is 5.32 Å². The zero-order chi connectivity index (χ0) is 14.7. The van der Waals surface area contributed by atoms with Crippen LogP contribution in [0.15, 0.2) is 24.3 Å². The average molecular weight is 299 g/mol. The first-order chi connectivity index (χ1) is 9.52. The molecule has 1 saturated heterocycles. The second kappa shape index (κ2) is 6.19. The van der Waals surface area contributed by atoms with Crippen LogP contribution in [0.1, 0.15) is 24.9 Å². The van der Waals surface area contributed by atoms with Crippen LogP contribution in [0, 0.1) is 10.1 Å². The van der Waals surface area contributed by atoms with E-state index in [1.54, 1.807) is 31.2 Å². The molecule has 1 N–H and O–H groups in total. The van der Waals surface area contributed by atoms with Gasteiger partial charge in [-0.2, -0.15) is 0 Å². The minimum atomic E-state index is -0.856.